The van der Waals surface area contributed by atoms with Crippen LogP contribution in [0.2, 0.25) is 0 Å². The molecule has 2 heterocycles. The Morgan fingerprint density at radius 3 is 2.34 bits per heavy atom. The van der Waals surface area contributed by atoms with E-state index in [2.05, 4.69) is 10.3 Å². The number of aromatic nitrogens is 4. The molecule has 0 fully saturated rings. The van der Waals surface area contributed by atoms with E-state index in [1.807, 2.05) is 60.0 Å². The molecule has 0 saturated carbocycles. The Kier molecular flexibility index (Phi) is 7.14. The molecule has 9 heteroatoms. The number of aryl methyl sites for hydroxylation is 2. The van der Waals surface area contributed by atoms with Crippen molar-refractivity contribution in [3.8, 4) is 17.0 Å². The van der Waals surface area contributed by atoms with Crippen LogP contribution in [0.5, 0.6) is 5.75 Å². The monoisotopic (exact) mass is 476 g/mol. The molecule has 35 heavy (non-hydrogen) atoms. The number of carbonyl (C=O) groups excluding carboxylic acids is 2. The number of methoxy groups -OCH3 is 1. The molecule has 0 N–H and O–H groups in total. The normalized spacial score (nSPS) is 11.0. The Labute approximate surface area is 203 Å². The summed E-state index contributed by atoms with van der Waals surface area (Å²) in [5.74, 6) is -0.225. The van der Waals surface area contributed by atoms with E-state index in [4.69, 9.17) is 14.2 Å². The molecule has 2 aromatic carbocycles. The molecular formula is C26H28N4O5. The van der Waals surface area contributed by atoms with Gasteiger partial charge in [-0.15, -0.1) is 5.10 Å². The van der Waals surface area contributed by atoms with Gasteiger partial charge in [0.1, 0.15) is 11.4 Å². The first-order valence-corrected chi connectivity index (χ1v) is 11.5. The van der Waals surface area contributed by atoms with Gasteiger partial charge in [-0.05, 0) is 39.0 Å². The van der Waals surface area contributed by atoms with Crippen LogP contribution in [-0.4, -0.2) is 51.8 Å². The Morgan fingerprint density at radius 2 is 1.66 bits per heavy atom. The van der Waals surface area contributed by atoms with E-state index in [0.717, 1.165) is 22.2 Å². The van der Waals surface area contributed by atoms with Gasteiger partial charge >= 0.3 is 11.9 Å². The average molecular weight is 477 g/mol. The number of hydrogen-bond acceptors (Lipinski definition) is 7. The van der Waals surface area contributed by atoms with Gasteiger partial charge in [0.25, 0.3) is 0 Å². The SMILES string of the molecule is CCOC(=O)c1c(C)n(CCn2nnc(-c3ccccc3)c2C(=O)OCC)c2ccc(OC)cc12. The zero-order valence-corrected chi connectivity index (χ0v) is 20.3. The lowest BCUT2D eigenvalue weighted by molar-refractivity contribution is 0.0508. The maximum Gasteiger partial charge on any atom is 0.358 e. The molecule has 4 rings (SSSR count). The van der Waals surface area contributed by atoms with Gasteiger partial charge in [0.15, 0.2) is 5.69 Å². The van der Waals surface area contributed by atoms with Crippen LogP contribution in [0, 0.1) is 6.92 Å². The van der Waals surface area contributed by atoms with Crippen molar-refractivity contribution in [2.45, 2.75) is 33.9 Å². The maximum absolute atomic E-state index is 12.8. The number of carbonyl (C=O) groups is 2. The first-order chi connectivity index (χ1) is 17.0. The summed E-state index contributed by atoms with van der Waals surface area (Å²) in [6.07, 6.45) is 0. The highest BCUT2D eigenvalue weighted by Crippen LogP contribution is 2.30. The minimum Gasteiger partial charge on any atom is -0.497 e. The lowest BCUT2D eigenvalue weighted by Crippen LogP contribution is -2.17. The third-order valence-electron chi connectivity index (χ3n) is 5.80. The average Bonchev–Trinajstić information content (AvgIpc) is 3.41. The molecule has 0 aliphatic rings. The first kappa shape index (κ1) is 24.0. The molecule has 0 spiro atoms. The number of nitrogens with zero attached hydrogens (tertiary/aromatic N) is 4. The number of fused-ring (bicyclic) bond motifs is 1. The molecule has 0 bridgehead atoms. The zero-order chi connectivity index (χ0) is 24.9. The molecule has 9 nitrogen and oxygen atoms in total. The number of rotatable bonds is 9. The van der Waals surface area contributed by atoms with Crippen molar-refractivity contribution < 1.29 is 23.8 Å². The molecule has 2 aromatic heterocycles. The van der Waals surface area contributed by atoms with Crippen molar-refractivity contribution in [3.05, 3.63) is 65.5 Å². The van der Waals surface area contributed by atoms with E-state index in [0.29, 0.717) is 35.8 Å². The first-order valence-electron chi connectivity index (χ1n) is 11.5. The van der Waals surface area contributed by atoms with Gasteiger partial charge in [-0.25, -0.2) is 14.3 Å². The van der Waals surface area contributed by atoms with Gasteiger partial charge in [0.05, 0.1) is 32.4 Å². The van der Waals surface area contributed by atoms with Crippen LogP contribution in [0.4, 0.5) is 0 Å². The summed E-state index contributed by atoms with van der Waals surface area (Å²) in [6, 6.07) is 15.0. The number of ether oxygens (including phenoxy) is 3. The molecule has 0 radical (unpaired) electrons. The summed E-state index contributed by atoms with van der Waals surface area (Å²) in [7, 11) is 1.58. The minimum absolute atomic E-state index is 0.240. The van der Waals surface area contributed by atoms with Gasteiger partial charge in [0.2, 0.25) is 0 Å². The molecule has 182 valence electrons. The lowest BCUT2D eigenvalue weighted by Gasteiger charge is -2.11. The Morgan fingerprint density at radius 1 is 0.943 bits per heavy atom. The fourth-order valence-electron chi connectivity index (χ4n) is 4.19. The Bertz CT molecular complexity index is 1360. The second-order valence-electron chi connectivity index (χ2n) is 7.81. The highest BCUT2D eigenvalue weighted by molar-refractivity contribution is 6.06. The standard InChI is InChI=1S/C26H28N4O5/c1-5-34-25(31)22-17(3)29(21-13-12-19(33-4)16-20(21)22)14-15-30-24(26(32)35-6-2)23(27-28-30)18-10-8-7-9-11-18/h7-13,16H,5-6,14-15H2,1-4H3. The van der Waals surface area contributed by atoms with Gasteiger partial charge < -0.3 is 18.8 Å². The Balaban J connectivity index is 1.74. The third kappa shape index (κ3) is 4.62. The maximum atomic E-state index is 12.8. The molecule has 0 amide bonds. The van der Waals surface area contributed by atoms with Crippen LogP contribution < -0.4 is 4.74 Å². The molecule has 0 saturated heterocycles. The molecule has 0 unspecified atom stereocenters. The van der Waals surface area contributed by atoms with E-state index >= 15 is 0 Å². The number of benzene rings is 2. The summed E-state index contributed by atoms with van der Waals surface area (Å²) in [6.45, 7) is 6.71. The largest absolute Gasteiger partial charge is 0.497 e. The van der Waals surface area contributed by atoms with E-state index in [-0.39, 0.29) is 19.2 Å². The summed E-state index contributed by atoms with van der Waals surface area (Å²) in [4.78, 5) is 25.6. The molecule has 0 aliphatic carbocycles. The topological polar surface area (TPSA) is 97.5 Å². The summed E-state index contributed by atoms with van der Waals surface area (Å²) >= 11 is 0. The van der Waals surface area contributed by atoms with E-state index in [1.165, 1.54) is 0 Å². The molecule has 0 aliphatic heterocycles. The van der Waals surface area contributed by atoms with Crippen LogP contribution in [0.1, 0.15) is 40.4 Å². The van der Waals surface area contributed by atoms with Crippen LogP contribution in [-0.2, 0) is 22.6 Å². The molecular weight excluding hydrogens is 448 g/mol. The summed E-state index contributed by atoms with van der Waals surface area (Å²) in [5.41, 5.74) is 3.64. The second kappa shape index (κ2) is 10.4. The lowest BCUT2D eigenvalue weighted by atomic mass is 10.1. The third-order valence-corrected chi connectivity index (χ3v) is 5.80. The molecule has 0 atom stereocenters. The summed E-state index contributed by atoms with van der Waals surface area (Å²) < 4.78 is 19.6. The minimum atomic E-state index is -0.484. The fraction of sp³-hybridized carbons (Fsp3) is 0.308. The van der Waals surface area contributed by atoms with Crippen LogP contribution in [0.25, 0.3) is 22.2 Å². The Hall–Kier alpha value is -4.14. The smallest absolute Gasteiger partial charge is 0.358 e. The fourth-order valence-corrected chi connectivity index (χ4v) is 4.19. The van der Waals surface area contributed by atoms with E-state index in [1.54, 1.807) is 25.6 Å². The number of hydrogen-bond donors (Lipinski definition) is 0. The van der Waals surface area contributed by atoms with Crippen LogP contribution in [0.3, 0.4) is 0 Å². The van der Waals surface area contributed by atoms with E-state index in [9.17, 15) is 9.59 Å². The summed E-state index contributed by atoms with van der Waals surface area (Å²) in [5, 5.41) is 9.28. The second-order valence-corrected chi connectivity index (χ2v) is 7.81. The highest BCUT2D eigenvalue weighted by atomic mass is 16.5. The zero-order valence-electron chi connectivity index (χ0n) is 20.3. The van der Waals surface area contributed by atoms with Crippen molar-refractivity contribution in [2.75, 3.05) is 20.3 Å². The quantitative estimate of drug-likeness (QED) is 0.333. The van der Waals surface area contributed by atoms with Gasteiger partial charge in [-0.3, -0.25) is 0 Å². The van der Waals surface area contributed by atoms with Crippen LogP contribution in [0.15, 0.2) is 48.5 Å². The van der Waals surface area contributed by atoms with Crippen molar-refractivity contribution in [1.82, 2.24) is 19.6 Å². The van der Waals surface area contributed by atoms with Crippen molar-refractivity contribution in [2.24, 2.45) is 0 Å². The van der Waals surface area contributed by atoms with E-state index < -0.39 is 5.97 Å². The van der Waals surface area contributed by atoms with Crippen molar-refractivity contribution in [1.29, 1.82) is 0 Å². The number of esters is 2. The van der Waals surface area contributed by atoms with Crippen molar-refractivity contribution in [3.63, 3.8) is 0 Å². The van der Waals surface area contributed by atoms with Gasteiger partial charge in [0, 0.05) is 28.7 Å². The van der Waals surface area contributed by atoms with Crippen molar-refractivity contribution >= 4 is 22.8 Å². The predicted octanol–water partition coefficient (Wildman–Crippen LogP) is 4.27. The molecule has 4 aromatic rings. The van der Waals surface area contributed by atoms with Gasteiger partial charge in [-0.2, -0.15) is 0 Å². The highest BCUT2D eigenvalue weighted by Gasteiger charge is 2.25. The van der Waals surface area contributed by atoms with Gasteiger partial charge in [-0.1, -0.05) is 35.5 Å². The van der Waals surface area contributed by atoms with Crippen LogP contribution >= 0.6 is 0 Å². The predicted molar refractivity (Wildman–Crippen MR) is 131 cm³/mol.